The molecule has 0 atom stereocenters. The number of nitrogens with one attached hydrogen (secondary N) is 2. The number of carbonyl (C=O) groups excluding carboxylic acids is 2. The van der Waals surface area contributed by atoms with E-state index in [1.165, 1.54) is 42.5 Å². The van der Waals surface area contributed by atoms with Gasteiger partial charge in [-0.05, 0) is 48.0 Å². The molecule has 0 aliphatic rings. The Morgan fingerprint density at radius 2 is 1.45 bits per heavy atom. The number of hydrogen-bond acceptors (Lipinski definition) is 2. The summed E-state index contributed by atoms with van der Waals surface area (Å²) in [6.45, 7) is -1.46. The van der Waals surface area contributed by atoms with Crippen molar-refractivity contribution in [1.29, 1.82) is 0 Å². The highest BCUT2D eigenvalue weighted by atomic mass is 19.4. The number of benzene rings is 2. The zero-order valence-corrected chi connectivity index (χ0v) is 14.6. The molecule has 2 aromatic rings. The van der Waals surface area contributed by atoms with E-state index in [9.17, 15) is 35.9 Å². The number of amides is 2. The smallest absolute Gasteiger partial charge is 0.343 e. The minimum Gasteiger partial charge on any atom is -0.343 e. The van der Waals surface area contributed by atoms with Crippen LogP contribution in [0, 0.1) is 0 Å². The second kappa shape index (κ2) is 8.80. The van der Waals surface area contributed by atoms with Crippen molar-refractivity contribution in [3.8, 4) is 0 Å². The zero-order valence-electron chi connectivity index (χ0n) is 14.6. The summed E-state index contributed by atoms with van der Waals surface area (Å²) in [4.78, 5) is 23.5. The van der Waals surface area contributed by atoms with Crippen LogP contribution >= 0.6 is 0 Å². The van der Waals surface area contributed by atoms with Crippen molar-refractivity contribution >= 4 is 23.6 Å². The van der Waals surface area contributed by atoms with Gasteiger partial charge in [0, 0.05) is 17.3 Å². The molecule has 0 saturated heterocycles. The first-order valence-corrected chi connectivity index (χ1v) is 8.05. The van der Waals surface area contributed by atoms with Gasteiger partial charge in [0.25, 0.3) is 5.91 Å². The molecule has 0 saturated carbocycles. The van der Waals surface area contributed by atoms with Crippen LogP contribution in [0.4, 0.5) is 32.0 Å². The SMILES string of the molecule is O=C(/C=C/c1ccc(C(F)(F)F)cc1)Nc1ccc(C(=O)NCC(F)(F)F)cc1. The molecule has 2 amide bonds. The first-order chi connectivity index (χ1) is 13.4. The van der Waals surface area contributed by atoms with E-state index in [4.69, 9.17) is 0 Å². The van der Waals surface area contributed by atoms with E-state index in [0.29, 0.717) is 5.56 Å². The van der Waals surface area contributed by atoms with E-state index in [1.54, 1.807) is 5.32 Å². The highest BCUT2D eigenvalue weighted by molar-refractivity contribution is 6.02. The summed E-state index contributed by atoms with van der Waals surface area (Å²) < 4.78 is 73.7. The highest BCUT2D eigenvalue weighted by Gasteiger charge is 2.30. The van der Waals surface area contributed by atoms with Gasteiger partial charge in [-0.3, -0.25) is 9.59 Å². The predicted molar refractivity (Wildman–Crippen MR) is 93.9 cm³/mol. The third-order valence-corrected chi connectivity index (χ3v) is 3.53. The van der Waals surface area contributed by atoms with Gasteiger partial charge >= 0.3 is 12.4 Å². The van der Waals surface area contributed by atoms with Crippen LogP contribution in [-0.4, -0.2) is 24.5 Å². The number of carbonyl (C=O) groups is 2. The molecule has 0 unspecified atom stereocenters. The van der Waals surface area contributed by atoms with Gasteiger partial charge in [-0.25, -0.2) is 0 Å². The van der Waals surface area contributed by atoms with Gasteiger partial charge in [-0.1, -0.05) is 12.1 Å². The van der Waals surface area contributed by atoms with Gasteiger partial charge in [0.1, 0.15) is 6.54 Å². The summed E-state index contributed by atoms with van der Waals surface area (Å²) in [6.07, 6.45) is -6.56. The second-order valence-electron chi connectivity index (χ2n) is 5.82. The molecule has 0 fully saturated rings. The monoisotopic (exact) mass is 416 g/mol. The lowest BCUT2D eigenvalue weighted by Gasteiger charge is -2.09. The van der Waals surface area contributed by atoms with Crippen LogP contribution in [0.15, 0.2) is 54.6 Å². The summed E-state index contributed by atoms with van der Waals surface area (Å²) >= 11 is 0. The van der Waals surface area contributed by atoms with E-state index in [0.717, 1.165) is 18.2 Å². The van der Waals surface area contributed by atoms with Crippen LogP contribution in [0.5, 0.6) is 0 Å². The van der Waals surface area contributed by atoms with Crippen molar-refractivity contribution in [2.45, 2.75) is 12.4 Å². The zero-order chi connectivity index (χ0) is 21.7. The Hall–Kier alpha value is -3.30. The summed E-state index contributed by atoms with van der Waals surface area (Å²) in [5, 5.41) is 4.17. The minimum absolute atomic E-state index is 0.0208. The standard InChI is InChI=1S/C19H14F6N2O2/c20-18(21,22)11-26-17(29)13-4-8-15(9-5-13)27-16(28)10-3-12-1-6-14(7-2-12)19(23,24)25/h1-10H,11H2,(H,26,29)(H,27,28)/b10-3+. The average Bonchev–Trinajstić information content (AvgIpc) is 2.64. The van der Waals surface area contributed by atoms with E-state index < -0.39 is 36.3 Å². The van der Waals surface area contributed by atoms with E-state index >= 15 is 0 Å². The Bertz CT molecular complexity index is 885. The van der Waals surface area contributed by atoms with Gasteiger partial charge < -0.3 is 10.6 Å². The Kier molecular flexibility index (Phi) is 6.68. The Balaban J connectivity index is 1.92. The Morgan fingerprint density at radius 3 is 1.97 bits per heavy atom. The topological polar surface area (TPSA) is 58.2 Å². The third kappa shape index (κ3) is 7.32. The van der Waals surface area contributed by atoms with E-state index in [2.05, 4.69) is 5.32 Å². The normalized spacial score (nSPS) is 12.1. The lowest BCUT2D eigenvalue weighted by molar-refractivity contribution is -0.137. The van der Waals surface area contributed by atoms with Gasteiger partial charge in [-0.2, -0.15) is 26.3 Å². The number of anilines is 1. The molecule has 0 aliphatic carbocycles. The Morgan fingerprint density at radius 1 is 0.862 bits per heavy atom. The van der Waals surface area contributed by atoms with Crippen molar-refractivity contribution in [3.63, 3.8) is 0 Å². The molecule has 2 N–H and O–H groups in total. The summed E-state index contributed by atoms with van der Waals surface area (Å²) in [5.41, 5.74) is -0.171. The van der Waals surface area contributed by atoms with Crippen LogP contribution in [0.3, 0.4) is 0 Å². The molecule has 29 heavy (non-hydrogen) atoms. The molecular formula is C19H14F6N2O2. The maximum atomic E-state index is 12.5. The average molecular weight is 416 g/mol. The predicted octanol–water partition coefficient (Wildman–Crippen LogP) is 4.65. The van der Waals surface area contributed by atoms with Crippen molar-refractivity contribution in [3.05, 3.63) is 71.3 Å². The fraction of sp³-hybridized carbons (Fsp3) is 0.158. The van der Waals surface area contributed by atoms with Crippen LogP contribution in [0.2, 0.25) is 0 Å². The Labute approximate surface area is 161 Å². The van der Waals surface area contributed by atoms with Crippen LogP contribution in [0.1, 0.15) is 21.5 Å². The van der Waals surface area contributed by atoms with Crippen molar-refractivity contribution in [1.82, 2.24) is 5.32 Å². The van der Waals surface area contributed by atoms with Crippen molar-refractivity contribution in [2.24, 2.45) is 0 Å². The van der Waals surface area contributed by atoms with Gasteiger partial charge in [0.15, 0.2) is 0 Å². The molecule has 10 heteroatoms. The largest absolute Gasteiger partial charge is 0.416 e. The lowest BCUT2D eigenvalue weighted by atomic mass is 10.1. The van der Waals surface area contributed by atoms with Gasteiger partial charge in [0.2, 0.25) is 5.91 Å². The second-order valence-corrected chi connectivity index (χ2v) is 5.82. The summed E-state index contributed by atoms with van der Waals surface area (Å²) in [5.74, 6) is -1.50. The lowest BCUT2D eigenvalue weighted by Crippen LogP contribution is -2.33. The molecule has 2 rings (SSSR count). The van der Waals surface area contributed by atoms with Crippen molar-refractivity contribution < 1.29 is 35.9 Å². The van der Waals surface area contributed by atoms with Crippen LogP contribution in [-0.2, 0) is 11.0 Å². The minimum atomic E-state index is -4.52. The fourth-order valence-electron chi connectivity index (χ4n) is 2.13. The van der Waals surface area contributed by atoms with Crippen molar-refractivity contribution in [2.75, 3.05) is 11.9 Å². The van der Waals surface area contributed by atoms with Gasteiger partial charge in [-0.15, -0.1) is 0 Å². The molecule has 0 radical (unpaired) electrons. The molecule has 0 aromatic heterocycles. The summed E-state index contributed by atoms with van der Waals surface area (Å²) in [7, 11) is 0. The molecule has 0 heterocycles. The molecule has 0 spiro atoms. The van der Waals surface area contributed by atoms with E-state index in [-0.39, 0.29) is 11.3 Å². The number of hydrogen-bond donors (Lipinski definition) is 2. The molecule has 0 aliphatic heterocycles. The van der Waals surface area contributed by atoms with E-state index in [1.807, 2.05) is 0 Å². The highest BCUT2D eigenvalue weighted by Crippen LogP contribution is 2.29. The van der Waals surface area contributed by atoms with Crippen LogP contribution in [0.25, 0.3) is 6.08 Å². The first-order valence-electron chi connectivity index (χ1n) is 8.05. The number of alkyl halides is 6. The molecule has 154 valence electrons. The molecular weight excluding hydrogens is 402 g/mol. The maximum Gasteiger partial charge on any atom is 0.416 e. The fourth-order valence-corrected chi connectivity index (χ4v) is 2.13. The maximum absolute atomic E-state index is 12.5. The molecule has 4 nitrogen and oxygen atoms in total. The summed E-state index contributed by atoms with van der Waals surface area (Å²) in [6, 6.07) is 9.32. The third-order valence-electron chi connectivity index (χ3n) is 3.53. The molecule has 0 bridgehead atoms. The van der Waals surface area contributed by atoms with Gasteiger partial charge in [0.05, 0.1) is 5.56 Å². The number of halogens is 6. The first kappa shape index (κ1) is 22.0. The van der Waals surface area contributed by atoms with Crippen LogP contribution < -0.4 is 10.6 Å². The quantitative estimate of drug-likeness (QED) is 0.551. The molecule has 2 aromatic carbocycles. The number of rotatable bonds is 5.